The zero-order chi connectivity index (χ0) is 20.0. The molecule has 0 saturated carbocycles. The Morgan fingerprint density at radius 2 is 1.74 bits per heavy atom. The van der Waals surface area contributed by atoms with Crippen LogP contribution in [0.4, 0.5) is 13.2 Å². The lowest BCUT2D eigenvalue weighted by atomic mass is 9.99. The van der Waals surface area contributed by atoms with Crippen LogP contribution in [0.1, 0.15) is 17.2 Å². The van der Waals surface area contributed by atoms with Gasteiger partial charge < -0.3 is 14.8 Å². The van der Waals surface area contributed by atoms with Crippen LogP contribution < -0.4 is 10.1 Å². The topological polar surface area (TPSA) is 64.6 Å². The Kier molecular flexibility index (Phi) is 6.84. The monoisotopic (exact) mass is 445 g/mol. The third-order valence-electron chi connectivity index (χ3n) is 3.50. The molecule has 27 heavy (non-hydrogen) atoms. The van der Waals surface area contributed by atoms with Gasteiger partial charge in [-0.25, -0.2) is 4.79 Å². The van der Waals surface area contributed by atoms with Crippen LogP contribution in [0.3, 0.4) is 0 Å². The number of esters is 1. The van der Waals surface area contributed by atoms with E-state index >= 15 is 0 Å². The van der Waals surface area contributed by atoms with Gasteiger partial charge in [-0.15, -0.1) is 0 Å². The van der Waals surface area contributed by atoms with Crippen molar-refractivity contribution in [3.8, 4) is 5.75 Å². The molecule has 0 aromatic heterocycles. The van der Waals surface area contributed by atoms with Gasteiger partial charge in [-0.2, -0.15) is 13.2 Å². The minimum atomic E-state index is -4.69. The molecule has 2 aromatic carbocycles. The van der Waals surface area contributed by atoms with Gasteiger partial charge in [0.2, 0.25) is 0 Å². The van der Waals surface area contributed by atoms with E-state index in [1.165, 1.54) is 12.1 Å². The van der Waals surface area contributed by atoms with Crippen LogP contribution in [0.15, 0.2) is 53.0 Å². The van der Waals surface area contributed by atoms with E-state index in [0.717, 1.165) is 23.7 Å². The Balaban J connectivity index is 2.17. The van der Waals surface area contributed by atoms with Crippen LogP contribution in [0, 0.1) is 0 Å². The molecule has 2 aromatic rings. The number of nitrogens with one attached hydrogen (secondary N) is 1. The second-order valence-electron chi connectivity index (χ2n) is 5.35. The highest BCUT2D eigenvalue weighted by Gasteiger charge is 2.37. The van der Waals surface area contributed by atoms with Gasteiger partial charge in [0.15, 0.2) is 12.6 Å². The molecule has 2 rings (SSSR count). The number of rotatable bonds is 6. The molecule has 1 atom stereocenters. The van der Waals surface area contributed by atoms with E-state index in [1.54, 1.807) is 24.3 Å². The minimum Gasteiger partial charge on any atom is -0.484 e. The van der Waals surface area contributed by atoms with E-state index in [9.17, 15) is 22.8 Å². The first-order valence-electron chi connectivity index (χ1n) is 7.64. The summed E-state index contributed by atoms with van der Waals surface area (Å²) >= 11 is 3.25. The largest absolute Gasteiger partial charge is 0.484 e. The van der Waals surface area contributed by atoms with E-state index in [4.69, 9.17) is 4.74 Å². The summed E-state index contributed by atoms with van der Waals surface area (Å²) in [6.07, 6.45) is -4.69. The summed E-state index contributed by atoms with van der Waals surface area (Å²) in [5.74, 6) is -1.41. The van der Waals surface area contributed by atoms with Crippen molar-refractivity contribution in [3.63, 3.8) is 0 Å². The summed E-state index contributed by atoms with van der Waals surface area (Å²) in [7, 11) is 1.02. The summed E-state index contributed by atoms with van der Waals surface area (Å²) in [5, 5.41) is 2.23. The number of halogens is 4. The average molecular weight is 446 g/mol. The van der Waals surface area contributed by atoms with Crippen molar-refractivity contribution in [1.82, 2.24) is 5.32 Å². The number of hydrogen-bond acceptors (Lipinski definition) is 4. The summed E-state index contributed by atoms with van der Waals surface area (Å²) in [4.78, 5) is 24.1. The molecule has 144 valence electrons. The van der Waals surface area contributed by atoms with Gasteiger partial charge in [-0.1, -0.05) is 34.1 Å². The van der Waals surface area contributed by atoms with Gasteiger partial charge in [0.05, 0.1) is 12.7 Å². The van der Waals surface area contributed by atoms with Gasteiger partial charge in [0, 0.05) is 4.47 Å². The zero-order valence-electron chi connectivity index (χ0n) is 14.0. The SMILES string of the molecule is COC(=O)[C@H](NC(=O)COc1ccc(Br)cc1)c1ccccc1C(F)(F)F. The molecule has 0 spiro atoms. The maximum Gasteiger partial charge on any atom is 0.416 e. The number of methoxy groups -OCH3 is 1. The molecule has 0 fully saturated rings. The Morgan fingerprint density at radius 3 is 2.33 bits per heavy atom. The number of carbonyl (C=O) groups excluding carboxylic acids is 2. The molecule has 1 N–H and O–H groups in total. The standard InChI is InChI=1S/C18H15BrF3NO4/c1-26-17(25)16(13-4-2-3-5-14(13)18(20,21)22)23-15(24)10-27-12-8-6-11(19)7-9-12/h2-9,16H,10H2,1H3,(H,23,24)/t16-/m1/s1. The highest BCUT2D eigenvalue weighted by molar-refractivity contribution is 9.10. The smallest absolute Gasteiger partial charge is 0.416 e. The van der Waals surface area contributed by atoms with E-state index in [2.05, 4.69) is 26.0 Å². The Hall–Kier alpha value is -2.55. The highest BCUT2D eigenvalue weighted by Crippen LogP contribution is 2.34. The van der Waals surface area contributed by atoms with Crippen LogP contribution in [0.25, 0.3) is 0 Å². The molecule has 5 nitrogen and oxygen atoms in total. The quantitative estimate of drug-likeness (QED) is 0.685. The van der Waals surface area contributed by atoms with Crippen LogP contribution in [0.5, 0.6) is 5.75 Å². The molecule has 1 amide bonds. The zero-order valence-corrected chi connectivity index (χ0v) is 15.6. The first-order chi connectivity index (χ1) is 12.7. The van der Waals surface area contributed by atoms with Crippen LogP contribution in [-0.4, -0.2) is 25.6 Å². The van der Waals surface area contributed by atoms with Crippen molar-refractivity contribution in [1.29, 1.82) is 0 Å². The van der Waals surface area contributed by atoms with Crippen molar-refractivity contribution in [3.05, 3.63) is 64.1 Å². The molecule has 0 bridgehead atoms. The molecular formula is C18H15BrF3NO4. The lowest BCUT2D eigenvalue weighted by molar-refractivity contribution is -0.147. The molecule has 0 saturated heterocycles. The van der Waals surface area contributed by atoms with Gasteiger partial charge in [-0.05, 0) is 35.9 Å². The van der Waals surface area contributed by atoms with Crippen molar-refractivity contribution >= 4 is 27.8 Å². The average Bonchev–Trinajstić information content (AvgIpc) is 2.64. The Morgan fingerprint density at radius 1 is 1.11 bits per heavy atom. The van der Waals surface area contributed by atoms with Gasteiger partial charge in [-0.3, -0.25) is 4.79 Å². The molecular weight excluding hydrogens is 431 g/mol. The normalized spacial score (nSPS) is 12.2. The van der Waals surface area contributed by atoms with Gasteiger partial charge >= 0.3 is 12.1 Å². The van der Waals surface area contributed by atoms with E-state index in [0.29, 0.717) is 5.75 Å². The maximum atomic E-state index is 13.2. The first kappa shape index (κ1) is 20.8. The number of alkyl halides is 3. The van der Waals surface area contributed by atoms with Crippen LogP contribution in [-0.2, 0) is 20.5 Å². The summed E-state index contributed by atoms with van der Waals surface area (Å²) in [6.45, 7) is -0.483. The third-order valence-corrected chi connectivity index (χ3v) is 4.03. The third kappa shape index (κ3) is 5.72. The number of benzene rings is 2. The fourth-order valence-corrected chi connectivity index (χ4v) is 2.54. The van der Waals surface area contributed by atoms with E-state index in [-0.39, 0.29) is 0 Å². The highest BCUT2D eigenvalue weighted by atomic mass is 79.9. The van der Waals surface area contributed by atoms with Crippen LogP contribution in [0.2, 0.25) is 0 Å². The Bertz CT molecular complexity index is 809. The van der Waals surface area contributed by atoms with Gasteiger partial charge in [0.25, 0.3) is 5.91 Å². The second-order valence-corrected chi connectivity index (χ2v) is 6.27. The molecule has 0 aliphatic carbocycles. The van der Waals surface area contributed by atoms with Crippen molar-refractivity contribution in [2.45, 2.75) is 12.2 Å². The van der Waals surface area contributed by atoms with Crippen LogP contribution >= 0.6 is 15.9 Å². The lowest BCUT2D eigenvalue weighted by Crippen LogP contribution is -2.38. The molecule has 0 aliphatic heterocycles. The lowest BCUT2D eigenvalue weighted by Gasteiger charge is -2.21. The fraction of sp³-hybridized carbons (Fsp3) is 0.222. The van der Waals surface area contributed by atoms with Crippen molar-refractivity contribution in [2.75, 3.05) is 13.7 Å². The molecule has 0 radical (unpaired) electrons. The molecule has 0 heterocycles. The number of hydrogen-bond donors (Lipinski definition) is 1. The maximum absolute atomic E-state index is 13.2. The number of carbonyl (C=O) groups is 2. The van der Waals surface area contributed by atoms with E-state index in [1.807, 2.05) is 0 Å². The molecule has 0 unspecified atom stereocenters. The number of amides is 1. The summed E-state index contributed by atoms with van der Waals surface area (Å²) < 4.78 is 50.3. The minimum absolute atomic E-state index is 0.388. The van der Waals surface area contributed by atoms with E-state index < -0.39 is 41.8 Å². The number of ether oxygens (including phenoxy) is 2. The predicted octanol–water partition coefficient (Wildman–Crippen LogP) is 3.88. The molecule has 9 heteroatoms. The van der Waals surface area contributed by atoms with Crippen molar-refractivity contribution < 1.29 is 32.2 Å². The summed E-state index contributed by atoms with van der Waals surface area (Å²) in [6, 6.07) is 9.46. The second kappa shape index (κ2) is 8.90. The Labute approximate surface area is 161 Å². The predicted molar refractivity (Wildman–Crippen MR) is 94.0 cm³/mol. The fourth-order valence-electron chi connectivity index (χ4n) is 2.27. The first-order valence-corrected chi connectivity index (χ1v) is 8.43. The van der Waals surface area contributed by atoms with Crippen molar-refractivity contribution in [2.24, 2.45) is 0 Å². The van der Waals surface area contributed by atoms with Gasteiger partial charge in [0.1, 0.15) is 5.75 Å². The molecule has 0 aliphatic rings. The summed E-state index contributed by atoms with van der Waals surface area (Å²) in [5.41, 5.74) is -1.44.